The van der Waals surface area contributed by atoms with Crippen LogP contribution in [0.25, 0.3) is 5.52 Å². The number of piperazine rings is 1. The van der Waals surface area contributed by atoms with Crippen LogP contribution in [0.4, 0.5) is 0 Å². The van der Waals surface area contributed by atoms with Crippen molar-refractivity contribution in [2.24, 2.45) is 0 Å². The third-order valence-corrected chi connectivity index (χ3v) is 7.81. The maximum atomic E-state index is 12.7. The minimum absolute atomic E-state index is 0.443. The van der Waals surface area contributed by atoms with Crippen LogP contribution in [0.2, 0.25) is 0 Å². The summed E-state index contributed by atoms with van der Waals surface area (Å²) in [6, 6.07) is 11.6. The molecule has 0 aromatic carbocycles. The highest BCUT2D eigenvalue weighted by Gasteiger charge is 2.29. The van der Waals surface area contributed by atoms with Gasteiger partial charge in [0.05, 0.1) is 11.2 Å². The van der Waals surface area contributed by atoms with Crippen LogP contribution in [0.5, 0.6) is 0 Å². The zero-order valence-electron chi connectivity index (χ0n) is 14.0. The average molecular weight is 377 g/mol. The van der Waals surface area contributed by atoms with E-state index in [9.17, 15) is 8.42 Å². The summed E-state index contributed by atoms with van der Waals surface area (Å²) in [4.78, 5) is 3.28. The Morgan fingerprint density at radius 3 is 2.60 bits per heavy atom. The van der Waals surface area contributed by atoms with Crippen molar-refractivity contribution in [1.29, 1.82) is 0 Å². The number of rotatable bonds is 4. The Balaban J connectivity index is 1.41. The van der Waals surface area contributed by atoms with Gasteiger partial charge in [0.2, 0.25) is 0 Å². The normalized spacial score (nSPS) is 17.3. The van der Waals surface area contributed by atoms with Gasteiger partial charge in [0.25, 0.3) is 10.0 Å². The largest absolute Gasteiger partial charge is 0.295 e. The zero-order valence-corrected chi connectivity index (χ0v) is 15.6. The standard InChI is InChI=1S/C17H20N4O2S2/c1-14-5-6-17(24-14)25(22,23)20-10-8-19(9-11-20)13-15-12-16-4-2-3-7-21(16)18-15/h2-7,12H,8-11,13H2,1H3. The second-order valence-electron chi connectivity index (χ2n) is 6.25. The molecule has 0 atom stereocenters. The lowest BCUT2D eigenvalue weighted by Gasteiger charge is -2.33. The number of hydrogen-bond acceptors (Lipinski definition) is 5. The maximum Gasteiger partial charge on any atom is 0.252 e. The maximum absolute atomic E-state index is 12.7. The molecule has 0 aliphatic carbocycles. The van der Waals surface area contributed by atoms with Crippen LogP contribution in [0, 0.1) is 6.92 Å². The summed E-state index contributed by atoms with van der Waals surface area (Å²) in [5, 5.41) is 4.57. The van der Waals surface area contributed by atoms with Gasteiger partial charge >= 0.3 is 0 Å². The molecule has 0 N–H and O–H groups in total. The van der Waals surface area contributed by atoms with E-state index in [0.29, 0.717) is 17.3 Å². The molecule has 0 spiro atoms. The first-order valence-electron chi connectivity index (χ1n) is 8.25. The summed E-state index contributed by atoms with van der Waals surface area (Å²) in [7, 11) is -3.35. The molecule has 0 radical (unpaired) electrons. The number of pyridine rings is 1. The number of thiophene rings is 1. The Kier molecular flexibility index (Phi) is 4.36. The van der Waals surface area contributed by atoms with Gasteiger partial charge in [-0.3, -0.25) is 4.90 Å². The van der Waals surface area contributed by atoms with Crippen LogP contribution in [-0.2, 0) is 16.6 Å². The first-order valence-corrected chi connectivity index (χ1v) is 10.5. The third kappa shape index (κ3) is 3.35. The lowest BCUT2D eigenvalue weighted by atomic mass is 10.3. The molecule has 6 nitrogen and oxygen atoms in total. The number of hydrogen-bond donors (Lipinski definition) is 0. The highest BCUT2D eigenvalue weighted by molar-refractivity contribution is 7.91. The highest BCUT2D eigenvalue weighted by atomic mass is 32.2. The number of sulfonamides is 1. The fourth-order valence-corrected chi connectivity index (χ4v) is 5.96. The Morgan fingerprint density at radius 2 is 1.92 bits per heavy atom. The van der Waals surface area contributed by atoms with Crippen LogP contribution >= 0.6 is 11.3 Å². The van der Waals surface area contributed by atoms with Crippen LogP contribution in [0.3, 0.4) is 0 Å². The molecular formula is C17H20N4O2S2. The van der Waals surface area contributed by atoms with Gasteiger partial charge in [0, 0.05) is 43.8 Å². The van der Waals surface area contributed by atoms with E-state index >= 15 is 0 Å². The van der Waals surface area contributed by atoms with Crippen LogP contribution in [-0.4, -0.2) is 53.4 Å². The number of aryl methyl sites for hydroxylation is 1. The van der Waals surface area contributed by atoms with E-state index < -0.39 is 10.0 Å². The van der Waals surface area contributed by atoms with Crippen molar-refractivity contribution < 1.29 is 8.42 Å². The first-order chi connectivity index (χ1) is 12.0. The van der Waals surface area contributed by atoms with Crippen molar-refractivity contribution in [3.8, 4) is 0 Å². The third-order valence-electron chi connectivity index (χ3n) is 4.45. The van der Waals surface area contributed by atoms with Crippen LogP contribution in [0.1, 0.15) is 10.6 Å². The van der Waals surface area contributed by atoms with Gasteiger partial charge in [-0.15, -0.1) is 11.3 Å². The lowest BCUT2D eigenvalue weighted by Crippen LogP contribution is -2.48. The Labute approximate surface area is 151 Å². The van der Waals surface area contributed by atoms with E-state index in [1.165, 1.54) is 11.3 Å². The van der Waals surface area contributed by atoms with Crippen molar-refractivity contribution in [3.63, 3.8) is 0 Å². The molecule has 1 fully saturated rings. The molecule has 132 valence electrons. The number of fused-ring (bicyclic) bond motifs is 1. The topological polar surface area (TPSA) is 57.9 Å². The van der Waals surface area contributed by atoms with Crippen molar-refractivity contribution in [3.05, 3.63) is 53.2 Å². The van der Waals surface area contributed by atoms with E-state index in [1.807, 2.05) is 41.9 Å². The molecule has 3 aromatic rings. The van der Waals surface area contributed by atoms with Gasteiger partial charge < -0.3 is 0 Å². The summed E-state index contributed by atoms with van der Waals surface area (Å²) in [6.07, 6.45) is 1.94. The molecule has 0 unspecified atom stereocenters. The molecule has 4 rings (SSSR count). The molecule has 8 heteroatoms. The Bertz CT molecular complexity index is 952. The van der Waals surface area contributed by atoms with Crippen molar-refractivity contribution in [1.82, 2.24) is 18.8 Å². The van der Waals surface area contributed by atoms with Crippen LogP contribution in [0.15, 0.2) is 46.8 Å². The average Bonchev–Trinajstić information content (AvgIpc) is 3.21. The van der Waals surface area contributed by atoms with Gasteiger partial charge in [-0.1, -0.05) is 6.07 Å². The zero-order chi connectivity index (χ0) is 17.4. The first kappa shape index (κ1) is 16.7. The summed E-state index contributed by atoms with van der Waals surface area (Å²) in [5.41, 5.74) is 2.09. The summed E-state index contributed by atoms with van der Waals surface area (Å²) in [6.45, 7) is 5.15. The lowest BCUT2D eigenvalue weighted by molar-refractivity contribution is 0.180. The predicted octanol–water partition coefficient (Wildman–Crippen LogP) is 2.21. The van der Waals surface area contributed by atoms with Crippen molar-refractivity contribution >= 4 is 26.9 Å². The van der Waals surface area contributed by atoms with E-state index in [0.717, 1.165) is 35.7 Å². The monoisotopic (exact) mass is 376 g/mol. The Morgan fingerprint density at radius 1 is 1.12 bits per heavy atom. The smallest absolute Gasteiger partial charge is 0.252 e. The molecule has 0 bridgehead atoms. The molecule has 4 heterocycles. The van der Waals surface area contributed by atoms with Gasteiger partial charge in [0.15, 0.2) is 0 Å². The summed E-state index contributed by atoms with van der Waals surface area (Å²) in [5.74, 6) is 0. The van der Waals surface area contributed by atoms with Crippen molar-refractivity contribution in [2.75, 3.05) is 26.2 Å². The molecular weight excluding hydrogens is 356 g/mol. The van der Waals surface area contributed by atoms with E-state index in [2.05, 4.69) is 16.1 Å². The van der Waals surface area contributed by atoms with E-state index in [4.69, 9.17) is 0 Å². The molecule has 1 aliphatic rings. The number of nitrogens with zero attached hydrogens (tertiary/aromatic N) is 4. The molecule has 0 saturated carbocycles. The van der Waals surface area contributed by atoms with Gasteiger partial charge in [-0.2, -0.15) is 9.40 Å². The summed E-state index contributed by atoms with van der Waals surface area (Å²) < 4.78 is 29.3. The second-order valence-corrected chi connectivity index (χ2v) is 9.70. The Hall–Kier alpha value is -1.74. The van der Waals surface area contributed by atoms with Gasteiger partial charge in [-0.25, -0.2) is 12.9 Å². The number of aromatic nitrogens is 2. The minimum Gasteiger partial charge on any atom is -0.295 e. The van der Waals surface area contributed by atoms with E-state index in [-0.39, 0.29) is 0 Å². The van der Waals surface area contributed by atoms with Gasteiger partial charge in [0.1, 0.15) is 4.21 Å². The predicted molar refractivity (Wildman–Crippen MR) is 98.3 cm³/mol. The molecule has 1 aliphatic heterocycles. The van der Waals surface area contributed by atoms with E-state index in [1.54, 1.807) is 10.4 Å². The van der Waals surface area contributed by atoms with Gasteiger partial charge in [-0.05, 0) is 37.3 Å². The summed E-state index contributed by atoms with van der Waals surface area (Å²) >= 11 is 1.34. The quantitative estimate of drug-likeness (QED) is 0.701. The fraction of sp³-hybridized carbons (Fsp3) is 0.353. The SMILES string of the molecule is Cc1ccc(S(=O)(=O)N2CCN(Cc3cc4ccccn4n3)CC2)s1. The molecule has 3 aromatic heterocycles. The molecule has 25 heavy (non-hydrogen) atoms. The highest BCUT2D eigenvalue weighted by Crippen LogP contribution is 2.25. The fourth-order valence-electron chi connectivity index (χ4n) is 3.10. The second kappa shape index (κ2) is 6.53. The molecule has 0 amide bonds. The molecule has 1 saturated heterocycles. The minimum atomic E-state index is -3.35. The van der Waals surface area contributed by atoms with Crippen molar-refractivity contribution in [2.45, 2.75) is 17.7 Å². The van der Waals surface area contributed by atoms with Crippen LogP contribution < -0.4 is 0 Å².